The maximum absolute atomic E-state index is 13.0. The molecule has 0 amide bonds. The molecule has 0 aromatic heterocycles. The van der Waals surface area contributed by atoms with Gasteiger partial charge in [0, 0.05) is 12.2 Å². The molecule has 1 aliphatic carbocycles. The molecule has 0 N–H and O–H groups in total. The monoisotopic (exact) mass is 276 g/mol. The van der Waals surface area contributed by atoms with Crippen molar-refractivity contribution in [2.24, 2.45) is 0 Å². The van der Waals surface area contributed by atoms with Crippen molar-refractivity contribution in [1.82, 2.24) is 0 Å². The van der Waals surface area contributed by atoms with Crippen LogP contribution in [0.1, 0.15) is 55.8 Å². The summed E-state index contributed by atoms with van der Waals surface area (Å²) in [7, 11) is 1.62. The van der Waals surface area contributed by atoms with Crippen molar-refractivity contribution in [3.05, 3.63) is 29.8 Å². The second-order valence-corrected chi connectivity index (χ2v) is 5.40. The molecule has 0 saturated heterocycles. The first-order valence-corrected chi connectivity index (χ1v) is 7.54. The van der Waals surface area contributed by atoms with Gasteiger partial charge in [0.25, 0.3) is 0 Å². The Morgan fingerprint density at radius 3 is 2.50 bits per heavy atom. The molecule has 1 aromatic rings. The van der Waals surface area contributed by atoms with Crippen LogP contribution in [0.25, 0.3) is 0 Å². The number of hydrogen-bond donors (Lipinski definition) is 0. The zero-order valence-electron chi connectivity index (χ0n) is 12.5. The Labute approximate surface area is 121 Å². The van der Waals surface area contributed by atoms with Crippen LogP contribution < -0.4 is 4.74 Å². The lowest BCUT2D eigenvalue weighted by molar-refractivity contribution is -0.0292. The first-order chi connectivity index (χ1) is 9.72. The summed E-state index contributed by atoms with van der Waals surface area (Å²) < 4.78 is 11.2. The van der Waals surface area contributed by atoms with E-state index in [0.29, 0.717) is 12.2 Å². The van der Waals surface area contributed by atoms with Crippen molar-refractivity contribution >= 4 is 5.78 Å². The van der Waals surface area contributed by atoms with Gasteiger partial charge in [-0.2, -0.15) is 0 Å². The Hall–Kier alpha value is -1.35. The molecular formula is C17H24O3. The number of benzene rings is 1. The van der Waals surface area contributed by atoms with Crippen molar-refractivity contribution in [3.8, 4) is 5.75 Å². The molecule has 3 nitrogen and oxygen atoms in total. The van der Waals surface area contributed by atoms with E-state index in [-0.39, 0.29) is 5.78 Å². The molecule has 2 rings (SSSR count). The smallest absolute Gasteiger partial charge is 0.194 e. The van der Waals surface area contributed by atoms with E-state index in [1.807, 2.05) is 31.2 Å². The average Bonchev–Trinajstić information content (AvgIpc) is 2.73. The molecule has 0 bridgehead atoms. The zero-order valence-corrected chi connectivity index (χ0v) is 12.5. The number of rotatable bonds is 5. The first-order valence-electron chi connectivity index (χ1n) is 7.54. The van der Waals surface area contributed by atoms with Crippen molar-refractivity contribution in [3.63, 3.8) is 0 Å². The van der Waals surface area contributed by atoms with Crippen LogP contribution in [0.4, 0.5) is 0 Å². The van der Waals surface area contributed by atoms with Gasteiger partial charge in [-0.05, 0) is 31.9 Å². The number of carbonyl (C=O) groups is 1. The van der Waals surface area contributed by atoms with Gasteiger partial charge in [-0.1, -0.05) is 37.8 Å². The van der Waals surface area contributed by atoms with Crippen molar-refractivity contribution < 1.29 is 14.3 Å². The van der Waals surface area contributed by atoms with Crippen LogP contribution in [-0.2, 0) is 4.74 Å². The molecule has 1 saturated carbocycles. The second kappa shape index (κ2) is 6.89. The predicted molar refractivity (Wildman–Crippen MR) is 79.4 cm³/mol. The van der Waals surface area contributed by atoms with Gasteiger partial charge in [-0.15, -0.1) is 0 Å². The first kappa shape index (κ1) is 15.0. The number of Topliss-reactive ketones (excluding diaryl/α,β-unsaturated/α-hetero) is 1. The highest BCUT2D eigenvalue weighted by Crippen LogP contribution is 2.34. The molecule has 0 unspecified atom stereocenters. The molecular weight excluding hydrogens is 252 g/mol. The van der Waals surface area contributed by atoms with Gasteiger partial charge in [-0.3, -0.25) is 4.79 Å². The third kappa shape index (κ3) is 3.21. The van der Waals surface area contributed by atoms with Crippen LogP contribution >= 0.6 is 0 Å². The summed E-state index contributed by atoms with van der Waals surface area (Å²) in [6.07, 6.45) is 6.18. The van der Waals surface area contributed by atoms with Crippen LogP contribution in [-0.4, -0.2) is 25.1 Å². The normalized spacial score (nSPS) is 18.3. The highest BCUT2D eigenvalue weighted by molar-refractivity contribution is 6.02. The standard InChI is InChI=1S/C17H24O3/c1-3-20-17(11-6-4-5-7-12-17)16(18)14-9-8-10-15(13-14)19-2/h8-10,13H,3-7,11-12H2,1-2H3. The number of methoxy groups -OCH3 is 1. The van der Waals surface area contributed by atoms with Crippen molar-refractivity contribution in [2.75, 3.05) is 13.7 Å². The van der Waals surface area contributed by atoms with E-state index in [0.717, 1.165) is 31.4 Å². The number of hydrogen-bond acceptors (Lipinski definition) is 3. The van der Waals surface area contributed by atoms with Gasteiger partial charge in [0.2, 0.25) is 0 Å². The fourth-order valence-corrected chi connectivity index (χ4v) is 3.04. The van der Waals surface area contributed by atoms with E-state index in [9.17, 15) is 4.79 Å². The molecule has 1 aromatic carbocycles. The molecule has 3 heteroatoms. The Balaban J connectivity index is 2.29. The van der Waals surface area contributed by atoms with Gasteiger partial charge in [0.15, 0.2) is 5.78 Å². The van der Waals surface area contributed by atoms with Crippen molar-refractivity contribution in [1.29, 1.82) is 0 Å². The van der Waals surface area contributed by atoms with Gasteiger partial charge in [0.1, 0.15) is 11.4 Å². The van der Waals surface area contributed by atoms with E-state index in [1.54, 1.807) is 7.11 Å². The predicted octanol–water partition coefficient (Wildman–Crippen LogP) is 4.01. The summed E-state index contributed by atoms with van der Waals surface area (Å²) in [6.45, 7) is 2.54. The summed E-state index contributed by atoms with van der Waals surface area (Å²) in [5, 5.41) is 0. The molecule has 0 atom stereocenters. The van der Waals surface area contributed by atoms with E-state index < -0.39 is 5.60 Å². The highest BCUT2D eigenvalue weighted by Gasteiger charge is 2.39. The number of ketones is 1. The van der Waals surface area contributed by atoms with E-state index in [1.165, 1.54) is 12.8 Å². The van der Waals surface area contributed by atoms with Gasteiger partial charge >= 0.3 is 0 Å². The Kier molecular flexibility index (Phi) is 5.18. The maximum atomic E-state index is 13.0. The summed E-state index contributed by atoms with van der Waals surface area (Å²) >= 11 is 0. The fourth-order valence-electron chi connectivity index (χ4n) is 3.04. The lowest BCUT2D eigenvalue weighted by Gasteiger charge is -2.31. The molecule has 1 fully saturated rings. The minimum absolute atomic E-state index is 0.111. The quantitative estimate of drug-likeness (QED) is 0.602. The molecule has 0 aliphatic heterocycles. The maximum Gasteiger partial charge on any atom is 0.194 e. The minimum atomic E-state index is -0.627. The molecule has 0 radical (unpaired) electrons. The third-order valence-electron chi connectivity index (χ3n) is 4.08. The molecule has 110 valence electrons. The molecule has 20 heavy (non-hydrogen) atoms. The van der Waals surface area contributed by atoms with Crippen LogP contribution in [0.15, 0.2) is 24.3 Å². The lowest BCUT2D eigenvalue weighted by atomic mass is 9.85. The zero-order chi connectivity index (χ0) is 14.4. The topological polar surface area (TPSA) is 35.5 Å². The summed E-state index contributed by atoms with van der Waals surface area (Å²) in [4.78, 5) is 13.0. The Morgan fingerprint density at radius 2 is 1.90 bits per heavy atom. The fraction of sp³-hybridized carbons (Fsp3) is 0.588. The van der Waals surface area contributed by atoms with Gasteiger partial charge < -0.3 is 9.47 Å². The average molecular weight is 276 g/mol. The second-order valence-electron chi connectivity index (χ2n) is 5.40. The van der Waals surface area contributed by atoms with E-state index in [4.69, 9.17) is 9.47 Å². The van der Waals surface area contributed by atoms with E-state index in [2.05, 4.69) is 0 Å². The summed E-state index contributed by atoms with van der Waals surface area (Å²) in [5.41, 5.74) is 0.0668. The third-order valence-corrected chi connectivity index (χ3v) is 4.08. The molecule has 0 heterocycles. The van der Waals surface area contributed by atoms with Crippen molar-refractivity contribution in [2.45, 2.75) is 51.0 Å². The van der Waals surface area contributed by atoms with Gasteiger partial charge in [-0.25, -0.2) is 0 Å². The van der Waals surface area contributed by atoms with Gasteiger partial charge in [0.05, 0.1) is 7.11 Å². The van der Waals surface area contributed by atoms with Crippen LogP contribution in [0.5, 0.6) is 5.75 Å². The van der Waals surface area contributed by atoms with Crippen LogP contribution in [0.2, 0.25) is 0 Å². The van der Waals surface area contributed by atoms with E-state index >= 15 is 0 Å². The van der Waals surface area contributed by atoms with Crippen LogP contribution in [0.3, 0.4) is 0 Å². The lowest BCUT2D eigenvalue weighted by Crippen LogP contribution is -2.41. The molecule has 1 aliphatic rings. The summed E-state index contributed by atoms with van der Waals surface area (Å²) in [6, 6.07) is 7.39. The number of carbonyl (C=O) groups excluding carboxylic acids is 1. The SMILES string of the molecule is CCOC1(C(=O)c2cccc(OC)c2)CCCCCC1. The molecule has 0 spiro atoms. The largest absolute Gasteiger partial charge is 0.497 e. The Bertz CT molecular complexity index is 445. The Morgan fingerprint density at radius 1 is 1.20 bits per heavy atom. The minimum Gasteiger partial charge on any atom is -0.497 e. The summed E-state index contributed by atoms with van der Waals surface area (Å²) in [5.74, 6) is 0.830. The number of ether oxygens (including phenoxy) is 2. The highest BCUT2D eigenvalue weighted by atomic mass is 16.5. The van der Waals surface area contributed by atoms with Crippen LogP contribution in [0, 0.1) is 0 Å².